The summed E-state index contributed by atoms with van der Waals surface area (Å²) in [5.41, 5.74) is 0.612. The fraction of sp³-hybridized carbons (Fsp3) is 0.143. The number of halogens is 3. The maximum atomic E-state index is 10.9. The number of carbonyl (C=O) groups is 1. The van der Waals surface area contributed by atoms with E-state index in [4.69, 9.17) is 11.6 Å². The van der Waals surface area contributed by atoms with Crippen LogP contribution in [0, 0.1) is 0 Å². The Balaban J connectivity index is 2.79. The predicted octanol–water partition coefficient (Wildman–Crippen LogP) is 2.83. The fourth-order valence-electron chi connectivity index (χ4n) is 0.684. The first-order valence-corrected chi connectivity index (χ1v) is 5.59. The van der Waals surface area contributed by atoms with Crippen molar-refractivity contribution in [3.63, 3.8) is 0 Å². The summed E-state index contributed by atoms with van der Waals surface area (Å²) in [7, 11) is 0. The van der Waals surface area contributed by atoms with Crippen LogP contribution in [-0.4, -0.2) is 16.2 Å². The van der Waals surface area contributed by atoms with Crippen LogP contribution in [0.4, 0.5) is 5.69 Å². The molecule has 1 heterocycles. The van der Waals surface area contributed by atoms with E-state index >= 15 is 0 Å². The second-order valence-electron chi connectivity index (χ2n) is 2.18. The molecule has 3 nitrogen and oxygen atoms in total. The highest BCUT2D eigenvalue weighted by atomic mass is 79.9. The third kappa shape index (κ3) is 3.25. The number of rotatable bonds is 2. The molecule has 0 saturated heterocycles. The first-order valence-electron chi connectivity index (χ1n) is 3.30. The highest BCUT2D eigenvalue weighted by molar-refractivity contribution is 9.10. The SMILES string of the molecule is O=C(CBr)Nc1cnc(Cl)c(Br)c1. The number of nitrogens with zero attached hydrogens (tertiary/aromatic N) is 1. The minimum Gasteiger partial charge on any atom is -0.324 e. The Hall–Kier alpha value is -0.130. The average molecular weight is 328 g/mol. The van der Waals surface area contributed by atoms with Crippen LogP contribution in [0.25, 0.3) is 0 Å². The molecule has 13 heavy (non-hydrogen) atoms. The Labute approximate surface area is 97.1 Å². The number of carbonyl (C=O) groups excluding carboxylic acids is 1. The van der Waals surface area contributed by atoms with Gasteiger partial charge in [-0.3, -0.25) is 4.79 Å². The summed E-state index contributed by atoms with van der Waals surface area (Å²) in [6.07, 6.45) is 1.49. The monoisotopic (exact) mass is 326 g/mol. The Morgan fingerprint density at radius 3 is 2.92 bits per heavy atom. The van der Waals surface area contributed by atoms with Crippen molar-refractivity contribution in [1.82, 2.24) is 4.98 Å². The van der Waals surface area contributed by atoms with Crippen molar-refractivity contribution < 1.29 is 4.79 Å². The number of hydrogen-bond acceptors (Lipinski definition) is 2. The number of nitrogens with one attached hydrogen (secondary N) is 1. The van der Waals surface area contributed by atoms with Gasteiger partial charge in [0, 0.05) is 0 Å². The zero-order chi connectivity index (χ0) is 9.84. The summed E-state index contributed by atoms with van der Waals surface area (Å²) in [5, 5.41) is 3.25. The van der Waals surface area contributed by atoms with E-state index < -0.39 is 0 Å². The number of anilines is 1. The maximum absolute atomic E-state index is 10.9. The molecule has 0 aliphatic carbocycles. The minimum absolute atomic E-state index is 0.129. The molecule has 6 heteroatoms. The molecular weight excluding hydrogens is 323 g/mol. The molecule has 0 atom stereocenters. The first-order chi connectivity index (χ1) is 6.13. The van der Waals surface area contributed by atoms with Gasteiger partial charge >= 0.3 is 0 Å². The van der Waals surface area contributed by atoms with Crippen molar-refractivity contribution in [2.75, 3.05) is 10.6 Å². The van der Waals surface area contributed by atoms with Crippen molar-refractivity contribution in [2.45, 2.75) is 0 Å². The zero-order valence-electron chi connectivity index (χ0n) is 6.35. The number of amides is 1. The van der Waals surface area contributed by atoms with Gasteiger partial charge in [-0.1, -0.05) is 27.5 Å². The summed E-state index contributed by atoms with van der Waals surface area (Å²) in [6.45, 7) is 0. The topological polar surface area (TPSA) is 42.0 Å². The average Bonchev–Trinajstić information content (AvgIpc) is 2.11. The van der Waals surface area contributed by atoms with Crippen molar-refractivity contribution in [1.29, 1.82) is 0 Å². The largest absolute Gasteiger partial charge is 0.324 e. The van der Waals surface area contributed by atoms with Gasteiger partial charge < -0.3 is 5.32 Å². The van der Waals surface area contributed by atoms with Crippen LogP contribution in [0.2, 0.25) is 5.15 Å². The van der Waals surface area contributed by atoms with Crippen molar-refractivity contribution >= 4 is 55.1 Å². The Morgan fingerprint density at radius 1 is 1.69 bits per heavy atom. The van der Waals surface area contributed by atoms with E-state index in [1.165, 1.54) is 6.20 Å². The van der Waals surface area contributed by atoms with Gasteiger partial charge in [0.1, 0.15) is 5.15 Å². The lowest BCUT2D eigenvalue weighted by atomic mass is 10.4. The maximum Gasteiger partial charge on any atom is 0.235 e. The molecule has 0 saturated carbocycles. The van der Waals surface area contributed by atoms with Gasteiger partial charge in [0.05, 0.1) is 21.7 Å². The molecule has 0 fully saturated rings. The van der Waals surface area contributed by atoms with Gasteiger partial charge in [-0.15, -0.1) is 0 Å². The van der Waals surface area contributed by atoms with Crippen LogP contribution in [0.15, 0.2) is 16.7 Å². The van der Waals surface area contributed by atoms with Gasteiger partial charge in [-0.05, 0) is 22.0 Å². The molecule has 0 bridgehead atoms. The van der Waals surface area contributed by atoms with Crippen molar-refractivity contribution in [2.24, 2.45) is 0 Å². The summed E-state index contributed by atoms with van der Waals surface area (Å²) in [6, 6.07) is 1.69. The molecule has 1 aromatic rings. The van der Waals surface area contributed by atoms with E-state index in [9.17, 15) is 4.79 Å². The van der Waals surface area contributed by atoms with E-state index in [1.54, 1.807) is 6.07 Å². The van der Waals surface area contributed by atoms with Crippen LogP contribution in [0.3, 0.4) is 0 Å². The molecule has 0 radical (unpaired) electrons. The van der Waals surface area contributed by atoms with Gasteiger partial charge in [-0.25, -0.2) is 4.98 Å². The van der Waals surface area contributed by atoms with Gasteiger partial charge in [-0.2, -0.15) is 0 Å². The molecule has 0 unspecified atom stereocenters. The van der Waals surface area contributed by atoms with E-state index in [2.05, 4.69) is 42.2 Å². The van der Waals surface area contributed by atoms with Gasteiger partial charge in [0.15, 0.2) is 0 Å². The molecule has 70 valence electrons. The molecule has 1 aromatic heterocycles. The molecule has 0 aromatic carbocycles. The third-order valence-electron chi connectivity index (χ3n) is 1.20. The quantitative estimate of drug-likeness (QED) is 0.670. The van der Waals surface area contributed by atoms with Crippen LogP contribution < -0.4 is 5.32 Å². The molecule has 1 amide bonds. The van der Waals surface area contributed by atoms with Gasteiger partial charge in [0.25, 0.3) is 0 Å². The number of pyridine rings is 1. The molecule has 0 spiro atoms. The van der Waals surface area contributed by atoms with Crippen LogP contribution in [-0.2, 0) is 4.79 Å². The highest BCUT2D eigenvalue weighted by Gasteiger charge is 2.03. The van der Waals surface area contributed by atoms with E-state index in [-0.39, 0.29) is 11.2 Å². The third-order valence-corrected chi connectivity index (χ3v) is 2.84. The second-order valence-corrected chi connectivity index (χ2v) is 3.95. The van der Waals surface area contributed by atoms with Gasteiger partial charge in [0.2, 0.25) is 5.91 Å². The molecule has 0 aliphatic rings. The summed E-state index contributed by atoms with van der Waals surface area (Å²) in [4.78, 5) is 14.8. The second kappa shape index (κ2) is 4.93. The van der Waals surface area contributed by atoms with Crippen LogP contribution in [0.5, 0.6) is 0 Å². The lowest BCUT2D eigenvalue weighted by Gasteiger charge is -2.03. The fourth-order valence-corrected chi connectivity index (χ4v) is 1.28. The normalized spacial score (nSPS) is 9.77. The molecule has 0 aliphatic heterocycles. The smallest absolute Gasteiger partial charge is 0.235 e. The summed E-state index contributed by atoms with van der Waals surface area (Å²) >= 11 is 11.9. The minimum atomic E-state index is -0.129. The lowest BCUT2D eigenvalue weighted by molar-refractivity contribution is -0.113. The van der Waals surface area contributed by atoms with E-state index in [1.807, 2.05) is 0 Å². The van der Waals surface area contributed by atoms with Crippen molar-refractivity contribution in [3.05, 3.63) is 21.9 Å². The van der Waals surface area contributed by atoms with Crippen LogP contribution >= 0.6 is 43.5 Å². The standard InChI is InChI=1S/C7H5Br2ClN2O/c8-2-6(13)12-4-1-5(9)7(10)11-3-4/h1,3H,2H2,(H,12,13). The number of hydrogen-bond donors (Lipinski definition) is 1. The molecule has 1 rings (SSSR count). The number of aromatic nitrogens is 1. The zero-order valence-corrected chi connectivity index (χ0v) is 10.3. The number of alkyl halides is 1. The molecule has 1 N–H and O–H groups in total. The summed E-state index contributed by atoms with van der Waals surface area (Å²) in [5.74, 6) is -0.129. The Bertz CT molecular complexity index is 332. The lowest BCUT2D eigenvalue weighted by Crippen LogP contribution is -2.12. The summed E-state index contributed by atoms with van der Waals surface area (Å²) < 4.78 is 0.654. The molecular formula is C7H5Br2ClN2O. The Morgan fingerprint density at radius 2 is 2.38 bits per heavy atom. The Kier molecular flexibility index (Phi) is 4.15. The van der Waals surface area contributed by atoms with Crippen LogP contribution in [0.1, 0.15) is 0 Å². The first kappa shape index (κ1) is 10.9. The predicted molar refractivity (Wildman–Crippen MR) is 59.4 cm³/mol. The van der Waals surface area contributed by atoms with E-state index in [0.29, 0.717) is 15.3 Å². The highest BCUT2D eigenvalue weighted by Crippen LogP contribution is 2.22. The van der Waals surface area contributed by atoms with E-state index in [0.717, 1.165) is 0 Å². The van der Waals surface area contributed by atoms with Crippen molar-refractivity contribution in [3.8, 4) is 0 Å².